The number of methoxy groups -OCH3 is 1. The van der Waals surface area contributed by atoms with Gasteiger partial charge in [-0.1, -0.05) is 36.8 Å². The van der Waals surface area contributed by atoms with Crippen LogP contribution in [0.2, 0.25) is 0 Å². The summed E-state index contributed by atoms with van der Waals surface area (Å²) in [5, 5.41) is 8.26. The van der Waals surface area contributed by atoms with Crippen molar-refractivity contribution < 1.29 is 28.3 Å². The summed E-state index contributed by atoms with van der Waals surface area (Å²) in [7, 11) is 1.64. The molecule has 3 aromatic rings. The van der Waals surface area contributed by atoms with E-state index in [9.17, 15) is 9.59 Å². The molecule has 0 spiro atoms. The Morgan fingerprint density at radius 2 is 1.80 bits per heavy atom. The number of esters is 1. The second kappa shape index (κ2) is 17.3. The first-order chi connectivity index (χ1) is 21.8. The molecule has 1 aliphatic rings. The van der Waals surface area contributed by atoms with Crippen LogP contribution in [0.5, 0.6) is 5.75 Å². The molecule has 0 radical (unpaired) electrons. The van der Waals surface area contributed by atoms with E-state index in [0.29, 0.717) is 50.7 Å². The SMILES string of the molecule is CCCC[N+]1(Cc2ccc(OC(=O)CCc3cn(CCOCCOC)nn3)cc2)CCCCC1C(=O)Cc1c(C)cccc1C. The predicted octanol–water partition coefficient (Wildman–Crippen LogP) is 5.58. The molecule has 1 saturated heterocycles. The minimum atomic E-state index is -0.306. The molecule has 0 aliphatic carbocycles. The van der Waals surface area contributed by atoms with E-state index in [1.165, 1.54) is 22.3 Å². The zero-order valence-electron chi connectivity index (χ0n) is 27.6. The molecule has 244 valence electrons. The van der Waals surface area contributed by atoms with Gasteiger partial charge in [-0.05, 0) is 74.1 Å². The van der Waals surface area contributed by atoms with Crippen LogP contribution in [0.1, 0.15) is 73.4 Å². The quantitative estimate of drug-likeness (QED) is 0.0795. The first-order valence-electron chi connectivity index (χ1n) is 16.5. The summed E-state index contributed by atoms with van der Waals surface area (Å²) in [6.07, 6.45) is 8.39. The number of aromatic nitrogens is 3. The molecule has 1 aliphatic heterocycles. The highest BCUT2D eigenvalue weighted by molar-refractivity contribution is 5.85. The second-order valence-electron chi connectivity index (χ2n) is 12.4. The molecular weight excluding hydrogens is 568 g/mol. The fraction of sp³-hybridized carbons (Fsp3) is 0.556. The van der Waals surface area contributed by atoms with Crippen LogP contribution in [0, 0.1) is 13.8 Å². The maximum atomic E-state index is 14.0. The highest BCUT2D eigenvalue weighted by Gasteiger charge is 2.43. The van der Waals surface area contributed by atoms with Crippen molar-refractivity contribution in [1.82, 2.24) is 15.0 Å². The van der Waals surface area contributed by atoms with Crippen LogP contribution < -0.4 is 4.74 Å². The summed E-state index contributed by atoms with van der Waals surface area (Å²) in [6, 6.07) is 14.1. The molecule has 2 unspecified atom stereocenters. The summed E-state index contributed by atoms with van der Waals surface area (Å²) in [6.45, 7) is 11.5. The van der Waals surface area contributed by atoms with Crippen molar-refractivity contribution in [2.45, 2.75) is 91.3 Å². The fourth-order valence-electron chi connectivity index (χ4n) is 6.49. The summed E-state index contributed by atoms with van der Waals surface area (Å²) in [5.74, 6) is 0.589. The molecule has 45 heavy (non-hydrogen) atoms. The second-order valence-corrected chi connectivity index (χ2v) is 12.4. The average Bonchev–Trinajstić information content (AvgIpc) is 3.49. The molecule has 2 atom stereocenters. The van der Waals surface area contributed by atoms with Crippen molar-refractivity contribution in [1.29, 1.82) is 0 Å². The largest absolute Gasteiger partial charge is 0.427 e. The molecular formula is C36H51N4O5+. The first-order valence-corrected chi connectivity index (χ1v) is 16.5. The lowest BCUT2D eigenvalue weighted by Crippen LogP contribution is -2.61. The number of Topliss-reactive ketones (excluding diaryl/α,β-unsaturated/α-hetero) is 1. The Hall–Kier alpha value is -3.40. The zero-order chi connectivity index (χ0) is 32.1. The van der Waals surface area contributed by atoms with Crippen molar-refractivity contribution in [2.24, 2.45) is 0 Å². The minimum Gasteiger partial charge on any atom is -0.427 e. The van der Waals surface area contributed by atoms with Gasteiger partial charge in [0.2, 0.25) is 0 Å². The Labute approximate surface area is 268 Å². The molecule has 1 aromatic heterocycles. The topological polar surface area (TPSA) is 92.5 Å². The van der Waals surface area contributed by atoms with E-state index in [4.69, 9.17) is 14.2 Å². The van der Waals surface area contributed by atoms with Gasteiger partial charge in [-0.3, -0.25) is 9.59 Å². The number of rotatable bonds is 18. The number of piperidine rings is 1. The van der Waals surface area contributed by atoms with Crippen LogP contribution in [0.4, 0.5) is 0 Å². The van der Waals surface area contributed by atoms with Crippen molar-refractivity contribution >= 4 is 11.8 Å². The van der Waals surface area contributed by atoms with E-state index in [2.05, 4.69) is 61.4 Å². The van der Waals surface area contributed by atoms with Gasteiger partial charge in [0, 0.05) is 38.1 Å². The molecule has 9 nitrogen and oxygen atoms in total. The van der Waals surface area contributed by atoms with Gasteiger partial charge in [-0.15, -0.1) is 5.10 Å². The summed E-state index contributed by atoms with van der Waals surface area (Å²) in [5.41, 5.74) is 5.48. The Morgan fingerprint density at radius 3 is 2.53 bits per heavy atom. The summed E-state index contributed by atoms with van der Waals surface area (Å²) < 4.78 is 18.6. The smallest absolute Gasteiger partial charge is 0.311 e. The van der Waals surface area contributed by atoms with Crippen LogP contribution in [-0.2, 0) is 45.0 Å². The maximum Gasteiger partial charge on any atom is 0.311 e. The number of aryl methyl sites for hydroxylation is 3. The Morgan fingerprint density at radius 1 is 1.02 bits per heavy atom. The highest BCUT2D eigenvalue weighted by Crippen LogP contribution is 2.32. The Balaban J connectivity index is 1.34. The van der Waals surface area contributed by atoms with Crippen LogP contribution >= 0.6 is 0 Å². The van der Waals surface area contributed by atoms with E-state index in [0.717, 1.165) is 61.9 Å². The fourth-order valence-corrected chi connectivity index (χ4v) is 6.49. The van der Waals surface area contributed by atoms with E-state index in [-0.39, 0.29) is 18.4 Å². The monoisotopic (exact) mass is 619 g/mol. The van der Waals surface area contributed by atoms with Gasteiger partial charge in [0.1, 0.15) is 18.3 Å². The molecule has 1 fully saturated rings. The highest BCUT2D eigenvalue weighted by atomic mass is 16.5. The number of quaternary nitrogens is 1. The Bertz CT molecular complexity index is 1350. The number of benzene rings is 2. The van der Waals surface area contributed by atoms with Gasteiger partial charge >= 0.3 is 5.97 Å². The van der Waals surface area contributed by atoms with Crippen molar-refractivity contribution in [2.75, 3.05) is 40.0 Å². The number of carbonyl (C=O) groups excluding carboxylic acids is 2. The normalized spacial score (nSPS) is 18.2. The zero-order valence-corrected chi connectivity index (χ0v) is 27.6. The van der Waals surface area contributed by atoms with E-state index < -0.39 is 0 Å². The third-order valence-electron chi connectivity index (χ3n) is 9.04. The molecule has 0 bridgehead atoms. The lowest BCUT2D eigenvalue weighted by molar-refractivity contribution is -0.959. The number of ether oxygens (including phenoxy) is 3. The predicted molar refractivity (Wildman–Crippen MR) is 174 cm³/mol. The molecule has 9 heteroatoms. The van der Waals surface area contributed by atoms with Gasteiger partial charge in [-0.2, -0.15) is 0 Å². The van der Waals surface area contributed by atoms with Crippen LogP contribution in [0.15, 0.2) is 48.7 Å². The molecule has 4 rings (SSSR count). The third kappa shape index (κ3) is 10.0. The van der Waals surface area contributed by atoms with Gasteiger partial charge < -0.3 is 18.7 Å². The van der Waals surface area contributed by atoms with E-state index in [1.807, 2.05) is 18.3 Å². The number of nitrogens with zero attached hydrogens (tertiary/aromatic N) is 4. The lowest BCUT2D eigenvalue weighted by Gasteiger charge is -2.47. The molecule has 0 N–H and O–H groups in total. The summed E-state index contributed by atoms with van der Waals surface area (Å²) in [4.78, 5) is 26.6. The van der Waals surface area contributed by atoms with Crippen molar-refractivity contribution in [3.05, 3.63) is 76.6 Å². The Kier molecular flexibility index (Phi) is 13.3. The molecule has 2 aromatic carbocycles. The average molecular weight is 620 g/mol. The number of likely N-dealkylation sites (tertiary alicyclic amines) is 1. The number of unbranched alkanes of at least 4 members (excludes halogenated alkanes) is 1. The number of carbonyl (C=O) groups is 2. The van der Waals surface area contributed by atoms with E-state index in [1.54, 1.807) is 11.8 Å². The number of hydrogen-bond acceptors (Lipinski definition) is 7. The van der Waals surface area contributed by atoms with Crippen LogP contribution in [0.3, 0.4) is 0 Å². The van der Waals surface area contributed by atoms with Gasteiger partial charge in [0.25, 0.3) is 0 Å². The molecule has 0 amide bonds. The van der Waals surface area contributed by atoms with E-state index >= 15 is 0 Å². The number of ketones is 1. The van der Waals surface area contributed by atoms with Crippen LogP contribution in [0.25, 0.3) is 0 Å². The maximum absolute atomic E-state index is 14.0. The van der Waals surface area contributed by atoms with Gasteiger partial charge in [0.05, 0.1) is 51.6 Å². The first kappa shape index (κ1) is 34.5. The lowest BCUT2D eigenvalue weighted by atomic mass is 9.88. The van der Waals surface area contributed by atoms with Crippen molar-refractivity contribution in [3.63, 3.8) is 0 Å². The van der Waals surface area contributed by atoms with Gasteiger partial charge in [-0.25, -0.2) is 4.68 Å². The van der Waals surface area contributed by atoms with Crippen molar-refractivity contribution in [3.8, 4) is 5.75 Å². The number of hydrogen-bond donors (Lipinski definition) is 0. The molecule has 0 saturated carbocycles. The minimum absolute atomic E-state index is 0.00274. The standard InChI is InChI=1S/C36H51N4O5/c1-5-6-20-40(21-8-7-12-34(40)35(41)25-33-28(2)10-9-11-29(33)3)27-30-13-16-32(17-14-30)45-36(42)18-15-31-26-39(38-37-31)19-22-44-24-23-43-4/h9-11,13-14,16-17,26,34H,5-8,12,15,18-25,27H2,1-4H3/q+1. The molecule has 2 heterocycles. The van der Waals surface area contributed by atoms with Gasteiger partial charge in [0.15, 0.2) is 5.78 Å². The summed E-state index contributed by atoms with van der Waals surface area (Å²) >= 11 is 0. The van der Waals surface area contributed by atoms with Crippen LogP contribution in [-0.4, -0.2) is 77.3 Å². The third-order valence-corrected chi connectivity index (χ3v) is 9.04.